The van der Waals surface area contributed by atoms with Crippen molar-refractivity contribution in [1.82, 2.24) is 5.32 Å². The second kappa shape index (κ2) is 11.5. The summed E-state index contributed by atoms with van der Waals surface area (Å²) in [4.78, 5) is 12.3. The molecular formula is C26H30N2O4S. The fourth-order valence-electron chi connectivity index (χ4n) is 3.43. The number of para-hydroxylation sites is 1. The normalized spacial score (nSPS) is 12.1. The number of sulfonamides is 1. The number of hydrogen-bond donors (Lipinski definition) is 1. The van der Waals surface area contributed by atoms with Gasteiger partial charge >= 0.3 is 0 Å². The van der Waals surface area contributed by atoms with Crippen LogP contribution in [0.3, 0.4) is 0 Å². The second-order valence-electron chi connectivity index (χ2n) is 7.96. The predicted octanol–water partition coefficient (Wildman–Crippen LogP) is 4.95. The number of nitrogens with zero attached hydrogens (tertiary/aromatic N) is 1. The van der Waals surface area contributed by atoms with E-state index >= 15 is 0 Å². The minimum Gasteiger partial charge on any atom is -0.457 e. The van der Waals surface area contributed by atoms with E-state index in [4.69, 9.17) is 4.74 Å². The zero-order valence-electron chi connectivity index (χ0n) is 19.0. The van der Waals surface area contributed by atoms with Crippen LogP contribution in [0, 0.1) is 0 Å². The van der Waals surface area contributed by atoms with Crippen molar-refractivity contribution in [1.29, 1.82) is 0 Å². The van der Waals surface area contributed by atoms with E-state index in [0.29, 0.717) is 30.2 Å². The van der Waals surface area contributed by atoms with Gasteiger partial charge in [0.15, 0.2) is 0 Å². The molecule has 174 valence electrons. The van der Waals surface area contributed by atoms with Crippen molar-refractivity contribution in [2.24, 2.45) is 0 Å². The molecule has 0 spiro atoms. The van der Waals surface area contributed by atoms with Gasteiger partial charge in [-0.1, -0.05) is 55.5 Å². The van der Waals surface area contributed by atoms with Crippen molar-refractivity contribution in [3.8, 4) is 11.5 Å². The Morgan fingerprint density at radius 1 is 0.909 bits per heavy atom. The molecule has 1 amide bonds. The Bertz CT molecular complexity index is 1120. The smallest absolute Gasteiger partial charge is 0.232 e. The minimum atomic E-state index is -3.49. The van der Waals surface area contributed by atoms with E-state index < -0.39 is 10.0 Å². The Hall–Kier alpha value is -3.32. The number of rotatable bonds is 11. The van der Waals surface area contributed by atoms with Gasteiger partial charge in [0.25, 0.3) is 0 Å². The van der Waals surface area contributed by atoms with Crippen molar-refractivity contribution in [2.75, 3.05) is 23.7 Å². The van der Waals surface area contributed by atoms with E-state index in [1.165, 1.54) is 16.1 Å². The van der Waals surface area contributed by atoms with Gasteiger partial charge in [-0.05, 0) is 54.3 Å². The van der Waals surface area contributed by atoms with Crippen LogP contribution < -0.4 is 14.4 Å². The lowest BCUT2D eigenvalue weighted by Gasteiger charge is -2.22. The summed E-state index contributed by atoms with van der Waals surface area (Å²) in [6, 6.07) is 26.3. The maximum atomic E-state index is 12.3. The molecule has 0 aliphatic carbocycles. The first-order chi connectivity index (χ1) is 15.8. The average molecular weight is 467 g/mol. The van der Waals surface area contributed by atoms with Gasteiger partial charge in [-0.25, -0.2) is 8.42 Å². The second-order valence-corrected chi connectivity index (χ2v) is 9.87. The van der Waals surface area contributed by atoms with Crippen molar-refractivity contribution in [3.63, 3.8) is 0 Å². The van der Waals surface area contributed by atoms with E-state index in [1.807, 2.05) is 60.7 Å². The summed E-state index contributed by atoms with van der Waals surface area (Å²) in [6.45, 7) is 2.83. The number of amides is 1. The Morgan fingerprint density at radius 2 is 1.48 bits per heavy atom. The van der Waals surface area contributed by atoms with Crippen LogP contribution in [0.5, 0.6) is 11.5 Å². The molecule has 1 N–H and O–H groups in total. The fraction of sp³-hybridized carbons (Fsp3) is 0.269. The van der Waals surface area contributed by atoms with Crippen LogP contribution in [0.1, 0.15) is 31.2 Å². The molecule has 0 fully saturated rings. The molecule has 0 saturated carbocycles. The molecule has 0 aromatic heterocycles. The van der Waals surface area contributed by atoms with Crippen molar-refractivity contribution in [3.05, 3.63) is 90.5 Å². The van der Waals surface area contributed by atoms with Crippen LogP contribution in [0.15, 0.2) is 84.9 Å². The number of benzene rings is 3. The van der Waals surface area contributed by atoms with Crippen molar-refractivity contribution < 1.29 is 17.9 Å². The van der Waals surface area contributed by atoms with Crippen LogP contribution in [0.4, 0.5) is 5.69 Å². The third-order valence-electron chi connectivity index (χ3n) is 5.24. The number of hydrogen-bond acceptors (Lipinski definition) is 4. The standard InChI is InChI=1S/C26H30N2O4S/c1-21(22-10-5-3-6-11-22)20-27-26(29)14-9-19-28(33(2,30)31)23-15-17-25(18-16-23)32-24-12-7-4-8-13-24/h3-8,10-13,15-18,21H,9,14,19-20H2,1-2H3,(H,27,29)/t21-/m0/s1. The van der Waals surface area contributed by atoms with E-state index in [9.17, 15) is 13.2 Å². The molecule has 0 aliphatic heterocycles. The topological polar surface area (TPSA) is 75.7 Å². The molecule has 7 heteroatoms. The number of carbonyl (C=O) groups excluding carboxylic acids is 1. The Kier molecular flexibility index (Phi) is 8.49. The highest BCUT2D eigenvalue weighted by atomic mass is 32.2. The van der Waals surface area contributed by atoms with E-state index in [-0.39, 0.29) is 24.8 Å². The highest BCUT2D eigenvalue weighted by Gasteiger charge is 2.18. The van der Waals surface area contributed by atoms with Gasteiger partial charge in [-0.3, -0.25) is 9.10 Å². The summed E-state index contributed by atoms with van der Waals surface area (Å²) in [7, 11) is -3.49. The van der Waals surface area contributed by atoms with E-state index in [1.54, 1.807) is 24.3 Å². The van der Waals surface area contributed by atoms with Crippen LogP contribution >= 0.6 is 0 Å². The Labute approximate surface area is 196 Å². The van der Waals surface area contributed by atoms with Crippen molar-refractivity contribution in [2.45, 2.75) is 25.7 Å². The largest absolute Gasteiger partial charge is 0.457 e. The summed E-state index contributed by atoms with van der Waals surface area (Å²) >= 11 is 0. The molecular weight excluding hydrogens is 436 g/mol. The molecule has 1 atom stereocenters. The lowest BCUT2D eigenvalue weighted by molar-refractivity contribution is -0.121. The number of anilines is 1. The zero-order valence-corrected chi connectivity index (χ0v) is 19.8. The third kappa shape index (κ3) is 7.64. The molecule has 0 saturated heterocycles. The van der Waals surface area contributed by atoms with Gasteiger partial charge in [0, 0.05) is 19.5 Å². The van der Waals surface area contributed by atoms with E-state index in [0.717, 1.165) is 0 Å². The first kappa shape index (κ1) is 24.3. The van der Waals surface area contributed by atoms with Crippen LogP contribution in [-0.4, -0.2) is 33.7 Å². The third-order valence-corrected chi connectivity index (χ3v) is 6.44. The van der Waals surface area contributed by atoms with Crippen LogP contribution in [-0.2, 0) is 14.8 Å². The molecule has 3 aromatic rings. The first-order valence-electron chi connectivity index (χ1n) is 11.0. The predicted molar refractivity (Wildman–Crippen MR) is 132 cm³/mol. The van der Waals surface area contributed by atoms with Gasteiger partial charge < -0.3 is 10.1 Å². The molecule has 3 rings (SSSR count). The van der Waals surface area contributed by atoms with Crippen LogP contribution in [0.25, 0.3) is 0 Å². The van der Waals surface area contributed by atoms with E-state index in [2.05, 4.69) is 12.2 Å². The van der Waals surface area contributed by atoms with Crippen LogP contribution in [0.2, 0.25) is 0 Å². The molecule has 0 heterocycles. The molecule has 6 nitrogen and oxygen atoms in total. The minimum absolute atomic E-state index is 0.0853. The maximum absolute atomic E-state index is 12.3. The summed E-state index contributed by atoms with van der Waals surface area (Å²) in [6.07, 6.45) is 1.84. The number of ether oxygens (including phenoxy) is 1. The number of nitrogens with one attached hydrogen (secondary N) is 1. The summed E-state index contributed by atoms with van der Waals surface area (Å²) in [5, 5.41) is 2.94. The summed E-state index contributed by atoms with van der Waals surface area (Å²) < 4.78 is 31.8. The fourth-order valence-corrected chi connectivity index (χ4v) is 4.39. The molecule has 0 aliphatic rings. The molecule has 0 radical (unpaired) electrons. The lowest BCUT2D eigenvalue weighted by atomic mass is 10.0. The highest BCUT2D eigenvalue weighted by molar-refractivity contribution is 7.92. The molecule has 33 heavy (non-hydrogen) atoms. The summed E-state index contributed by atoms with van der Waals surface area (Å²) in [5.74, 6) is 1.44. The van der Waals surface area contributed by atoms with Gasteiger partial charge in [-0.15, -0.1) is 0 Å². The quantitative estimate of drug-likeness (QED) is 0.434. The van der Waals surface area contributed by atoms with Gasteiger partial charge in [0.1, 0.15) is 11.5 Å². The molecule has 0 unspecified atom stereocenters. The first-order valence-corrected chi connectivity index (χ1v) is 12.8. The lowest BCUT2D eigenvalue weighted by Crippen LogP contribution is -2.32. The molecule has 3 aromatic carbocycles. The maximum Gasteiger partial charge on any atom is 0.232 e. The van der Waals surface area contributed by atoms with Gasteiger partial charge in [0.2, 0.25) is 15.9 Å². The molecule has 0 bridgehead atoms. The monoisotopic (exact) mass is 466 g/mol. The summed E-state index contributed by atoms with van der Waals surface area (Å²) in [5.41, 5.74) is 1.71. The SMILES string of the molecule is C[C@@H](CNC(=O)CCCN(c1ccc(Oc2ccccc2)cc1)S(C)(=O)=O)c1ccccc1. The Morgan fingerprint density at radius 3 is 2.09 bits per heavy atom. The zero-order chi connectivity index (χ0) is 23.7. The highest BCUT2D eigenvalue weighted by Crippen LogP contribution is 2.25. The number of carbonyl (C=O) groups is 1. The average Bonchev–Trinajstić information content (AvgIpc) is 2.81. The van der Waals surface area contributed by atoms with Gasteiger partial charge in [0.05, 0.1) is 11.9 Å². The van der Waals surface area contributed by atoms with Gasteiger partial charge in [-0.2, -0.15) is 0 Å². The Balaban J connectivity index is 1.52. The van der Waals surface area contributed by atoms with Crippen molar-refractivity contribution >= 4 is 21.6 Å².